The number of carbonyl (C=O) groups excluding carboxylic acids is 1. The molecule has 30 heavy (non-hydrogen) atoms. The fraction of sp³-hybridized carbons (Fsp3) is 0.304. The summed E-state index contributed by atoms with van der Waals surface area (Å²) in [5.74, 6) is 0. The number of amides is 2. The summed E-state index contributed by atoms with van der Waals surface area (Å²) < 4.78 is 11.2. The first-order valence-electron chi connectivity index (χ1n) is 10.0. The van der Waals surface area contributed by atoms with Gasteiger partial charge >= 0.3 is 6.03 Å². The number of pyridine rings is 1. The van der Waals surface area contributed by atoms with Gasteiger partial charge in [0.05, 0.1) is 39.0 Å². The Bertz CT molecular complexity index is 1070. The van der Waals surface area contributed by atoms with Crippen molar-refractivity contribution in [1.29, 1.82) is 0 Å². The van der Waals surface area contributed by atoms with E-state index in [1.54, 1.807) is 4.90 Å². The molecule has 0 bridgehead atoms. The van der Waals surface area contributed by atoms with Crippen LogP contribution >= 0.6 is 0 Å². The molecule has 0 unspecified atom stereocenters. The lowest BCUT2D eigenvalue weighted by atomic mass is 10.1. The second kappa shape index (κ2) is 9.11. The number of urea groups is 1. The van der Waals surface area contributed by atoms with E-state index in [9.17, 15) is 9.59 Å². The number of para-hydroxylation sites is 1. The summed E-state index contributed by atoms with van der Waals surface area (Å²) >= 11 is 0. The molecule has 3 aromatic rings. The molecule has 0 saturated carbocycles. The van der Waals surface area contributed by atoms with E-state index in [0.717, 1.165) is 16.5 Å². The summed E-state index contributed by atoms with van der Waals surface area (Å²) in [6, 6.07) is 16.7. The molecule has 2 N–H and O–H groups in total. The number of fused-ring (bicyclic) bond motifs is 1. The number of benzene rings is 2. The number of hydrogen-bond acceptors (Lipinski definition) is 4. The Morgan fingerprint density at radius 1 is 1.17 bits per heavy atom. The Labute approximate surface area is 174 Å². The van der Waals surface area contributed by atoms with Gasteiger partial charge in [-0.3, -0.25) is 4.79 Å². The minimum absolute atomic E-state index is 0.164. The van der Waals surface area contributed by atoms with Gasteiger partial charge in [-0.1, -0.05) is 29.8 Å². The first-order valence-corrected chi connectivity index (χ1v) is 10.0. The monoisotopic (exact) mass is 407 g/mol. The smallest absolute Gasteiger partial charge is 0.322 e. The molecule has 7 heteroatoms. The van der Waals surface area contributed by atoms with Gasteiger partial charge in [0, 0.05) is 16.8 Å². The van der Waals surface area contributed by atoms with Crippen LogP contribution in [0.2, 0.25) is 0 Å². The molecule has 7 nitrogen and oxygen atoms in total. The molecule has 1 aliphatic heterocycles. The van der Waals surface area contributed by atoms with Gasteiger partial charge in [0.15, 0.2) is 0 Å². The van der Waals surface area contributed by atoms with Crippen molar-refractivity contribution in [3.63, 3.8) is 0 Å². The van der Waals surface area contributed by atoms with Gasteiger partial charge < -0.3 is 24.7 Å². The third-order valence-corrected chi connectivity index (χ3v) is 5.06. The van der Waals surface area contributed by atoms with Crippen LogP contribution in [0.3, 0.4) is 0 Å². The SMILES string of the molecule is Cc1ccc2[nH]c(=O)c(CN(C[C@H]3COCCO3)C(=O)Nc3ccccc3)cc2c1. The number of nitrogens with one attached hydrogen (secondary N) is 2. The lowest BCUT2D eigenvalue weighted by Crippen LogP contribution is -2.44. The Balaban J connectivity index is 1.59. The molecule has 1 fully saturated rings. The maximum absolute atomic E-state index is 13.0. The van der Waals surface area contributed by atoms with E-state index in [4.69, 9.17) is 9.47 Å². The molecule has 156 valence electrons. The van der Waals surface area contributed by atoms with Crippen LogP contribution in [0.25, 0.3) is 10.9 Å². The molecule has 1 saturated heterocycles. The number of hydrogen-bond donors (Lipinski definition) is 2. The summed E-state index contributed by atoms with van der Waals surface area (Å²) in [6.07, 6.45) is -0.234. The van der Waals surface area contributed by atoms with E-state index < -0.39 is 0 Å². The summed E-state index contributed by atoms with van der Waals surface area (Å²) in [7, 11) is 0. The predicted molar refractivity (Wildman–Crippen MR) is 116 cm³/mol. The zero-order valence-corrected chi connectivity index (χ0v) is 16.9. The summed E-state index contributed by atoms with van der Waals surface area (Å²) in [4.78, 5) is 30.2. The van der Waals surface area contributed by atoms with Gasteiger partial charge in [-0.05, 0) is 42.6 Å². The average molecular weight is 407 g/mol. The van der Waals surface area contributed by atoms with E-state index >= 15 is 0 Å². The summed E-state index contributed by atoms with van der Waals surface area (Å²) in [5, 5.41) is 3.83. The van der Waals surface area contributed by atoms with Crippen molar-refractivity contribution in [3.8, 4) is 0 Å². The Hall–Kier alpha value is -3.16. The van der Waals surface area contributed by atoms with Crippen molar-refractivity contribution >= 4 is 22.6 Å². The van der Waals surface area contributed by atoms with Crippen molar-refractivity contribution < 1.29 is 14.3 Å². The minimum atomic E-state index is -0.292. The van der Waals surface area contributed by atoms with Crippen LogP contribution in [0.5, 0.6) is 0 Å². The van der Waals surface area contributed by atoms with Gasteiger partial charge in [0.2, 0.25) is 0 Å². The fourth-order valence-electron chi connectivity index (χ4n) is 3.53. The van der Waals surface area contributed by atoms with Gasteiger partial charge in [0.1, 0.15) is 0 Å². The van der Waals surface area contributed by atoms with Gasteiger partial charge in [-0.2, -0.15) is 0 Å². The van der Waals surface area contributed by atoms with Crippen molar-refractivity contribution in [3.05, 3.63) is 76.1 Å². The molecular formula is C23H25N3O4. The Morgan fingerprint density at radius 3 is 2.77 bits per heavy atom. The highest BCUT2D eigenvalue weighted by molar-refractivity contribution is 5.89. The highest BCUT2D eigenvalue weighted by Gasteiger charge is 2.23. The molecule has 1 aliphatic rings. The number of aromatic amines is 1. The maximum Gasteiger partial charge on any atom is 0.322 e. The first kappa shape index (κ1) is 20.1. The van der Waals surface area contributed by atoms with Crippen LogP contribution in [-0.2, 0) is 16.0 Å². The zero-order valence-electron chi connectivity index (χ0n) is 16.9. The lowest BCUT2D eigenvalue weighted by molar-refractivity contribution is -0.0943. The number of H-pyrrole nitrogens is 1. The minimum Gasteiger partial charge on any atom is -0.376 e. The third-order valence-electron chi connectivity index (χ3n) is 5.06. The second-order valence-electron chi connectivity index (χ2n) is 7.46. The van der Waals surface area contributed by atoms with Crippen LogP contribution in [0, 0.1) is 6.92 Å². The highest BCUT2D eigenvalue weighted by atomic mass is 16.6. The van der Waals surface area contributed by atoms with Crippen molar-refractivity contribution in [1.82, 2.24) is 9.88 Å². The van der Waals surface area contributed by atoms with Crippen LogP contribution in [0.4, 0.5) is 10.5 Å². The number of aromatic nitrogens is 1. The molecule has 0 aliphatic carbocycles. The highest BCUT2D eigenvalue weighted by Crippen LogP contribution is 2.16. The maximum atomic E-state index is 13.0. The van der Waals surface area contributed by atoms with Crippen LogP contribution in [0.15, 0.2) is 59.4 Å². The van der Waals surface area contributed by atoms with Gasteiger partial charge in [0.25, 0.3) is 5.56 Å². The zero-order chi connectivity index (χ0) is 20.9. The normalized spacial score (nSPS) is 16.4. The molecule has 1 atom stereocenters. The fourth-order valence-corrected chi connectivity index (χ4v) is 3.53. The third kappa shape index (κ3) is 4.87. The number of anilines is 1. The molecular weight excluding hydrogens is 382 g/mol. The van der Waals surface area contributed by atoms with Crippen molar-refractivity contribution in [2.24, 2.45) is 0 Å². The molecule has 2 amide bonds. The molecule has 2 aromatic carbocycles. The first-order chi connectivity index (χ1) is 14.6. The largest absolute Gasteiger partial charge is 0.376 e. The second-order valence-corrected chi connectivity index (χ2v) is 7.46. The molecule has 0 spiro atoms. The molecule has 1 aromatic heterocycles. The van der Waals surface area contributed by atoms with Crippen LogP contribution in [-0.4, -0.2) is 48.4 Å². The van der Waals surface area contributed by atoms with Crippen LogP contribution in [0.1, 0.15) is 11.1 Å². The number of nitrogens with zero attached hydrogens (tertiary/aromatic N) is 1. The number of ether oxygens (including phenoxy) is 2. The topological polar surface area (TPSA) is 83.7 Å². The Kier molecular flexibility index (Phi) is 6.11. The van der Waals surface area contributed by atoms with Gasteiger partial charge in [-0.15, -0.1) is 0 Å². The number of carbonyl (C=O) groups is 1. The number of aryl methyl sites for hydroxylation is 1. The molecule has 2 heterocycles. The van der Waals surface area contributed by atoms with E-state index in [0.29, 0.717) is 37.6 Å². The van der Waals surface area contributed by atoms with Crippen molar-refractivity contribution in [2.45, 2.75) is 19.6 Å². The van der Waals surface area contributed by atoms with E-state index in [2.05, 4.69) is 10.3 Å². The van der Waals surface area contributed by atoms with E-state index in [1.165, 1.54) is 0 Å². The van der Waals surface area contributed by atoms with Gasteiger partial charge in [-0.25, -0.2) is 4.79 Å². The van der Waals surface area contributed by atoms with Crippen LogP contribution < -0.4 is 10.9 Å². The molecule has 0 radical (unpaired) electrons. The summed E-state index contributed by atoms with van der Waals surface area (Å²) in [6.45, 7) is 3.96. The number of rotatable bonds is 5. The predicted octanol–water partition coefficient (Wildman–Crippen LogP) is 3.29. The quantitative estimate of drug-likeness (QED) is 0.680. The Morgan fingerprint density at radius 2 is 2.00 bits per heavy atom. The average Bonchev–Trinajstić information content (AvgIpc) is 2.75. The van der Waals surface area contributed by atoms with Crippen molar-refractivity contribution in [2.75, 3.05) is 31.7 Å². The molecule has 4 rings (SSSR count). The van der Waals surface area contributed by atoms with E-state index in [1.807, 2.05) is 61.5 Å². The standard InChI is InChI=1S/C23H25N3O4/c1-16-7-8-21-17(11-16)12-18(22(27)25-21)13-26(14-20-15-29-9-10-30-20)23(28)24-19-5-3-2-4-6-19/h2-8,11-12,20H,9-10,13-15H2,1H3,(H,24,28)(H,25,27)/t20-/m0/s1. The lowest BCUT2D eigenvalue weighted by Gasteiger charge is -2.30. The van der Waals surface area contributed by atoms with E-state index in [-0.39, 0.29) is 24.2 Å². The summed E-state index contributed by atoms with van der Waals surface area (Å²) in [5.41, 5.74) is 2.89.